The van der Waals surface area contributed by atoms with E-state index in [1.807, 2.05) is 31.2 Å². The molecule has 3 rings (SSSR count). The van der Waals surface area contributed by atoms with E-state index in [1.165, 1.54) is 11.1 Å². The van der Waals surface area contributed by atoms with Gasteiger partial charge in [0.05, 0.1) is 19.3 Å². The maximum Gasteiger partial charge on any atom is 0.338 e. The molecule has 4 heteroatoms. The second kappa shape index (κ2) is 7.87. The van der Waals surface area contributed by atoms with Gasteiger partial charge >= 0.3 is 5.97 Å². The lowest BCUT2D eigenvalue weighted by Gasteiger charge is -2.13. The molecule has 0 amide bonds. The van der Waals surface area contributed by atoms with Crippen molar-refractivity contribution >= 4 is 33.0 Å². The van der Waals surface area contributed by atoms with Crippen LogP contribution in [0.1, 0.15) is 47.7 Å². The van der Waals surface area contributed by atoms with Crippen LogP contribution < -0.4 is 4.74 Å². The molecular weight excluding hydrogens is 380 g/mol. The van der Waals surface area contributed by atoms with Crippen LogP contribution in [0.25, 0.3) is 11.1 Å². The maximum atomic E-state index is 12.0. The first-order chi connectivity index (χ1) is 12.1. The van der Waals surface area contributed by atoms with Crippen LogP contribution in [0.3, 0.4) is 0 Å². The number of carbonyl (C=O) groups excluding carboxylic acids is 1. The number of ether oxygens (including phenoxy) is 2. The third-order valence-corrected chi connectivity index (χ3v) is 4.92. The normalized spacial score (nSPS) is 13.9. The molecule has 1 aliphatic rings. The molecule has 0 saturated heterocycles. The Bertz CT molecular complexity index is 824. The molecule has 0 heterocycles. The highest BCUT2D eigenvalue weighted by Gasteiger charge is 2.21. The van der Waals surface area contributed by atoms with Gasteiger partial charge in [-0.25, -0.2) is 4.79 Å². The van der Waals surface area contributed by atoms with Crippen molar-refractivity contribution in [1.82, 2.24) is 0 Å². The highest BCUT2D eigenvalue weighted by Crippen LogP contribution is 2.43. The Kier molecular flexibility index (Phi) is 5.59. The molecule has 0 unspecified atom stereocenters. The van der Waals surface area contributed by atoms with Gasteiger partial charge < -0.3 is 9.47 Å². The molecule has 0 radical (unpaired) electrons. The fourth-order valence-electron chi connectivity index (χ4n) is 3.32. The number of benzene rings is 2. The van der Waals surface area contributed by atoms with Crippen LogP contribution in [-0.2, 0) is 4.74 Å². The molecule has 3 nitrogen and oxygen atoms in total. The Morgan fingerprint density at radius 3 is 2.68 bits per heavy atom. The zero-order valence-electron chi connectivity index (χ0n) is 14.5. The van der Waals surface area contributed by atoms with E-state index in [4.69, 9.17) is 9.47 Å². The van der Waals surface area contributed by atoms with Gasteiger partial charge in [-0.1, -0.05) is 28.1 Å². The fourth-order valence-corrected chi connectivity index (χ4v) is 3.66. The van der Waals surface area contributed by atoms with Gasteiger partial charge in [0.25, 0.3) is 0 Å². The largest absolute Gasteiger partial charge is 0.496 e. The Hall–Kier alpha value is -2.07. The summed E-state index contributed by atoms with van der Waals surface area (Å²) in [5, 5.41) is 0. The number of carbonyl (C=O) groups is 1. The summed E-state index contributed by atoms with van der Waals surface area (Å²) in [4.78, 5) is 12.0. The van der Waals surface area contributed by atoms with Crippen molar-refractivity contribution in [3.8, 4) is 5.75 Å². The van der Waals surface area contributed by atoms with Gasteiger partial charge in [0.1, 0.15) is 5.75 Å². The average Bonchev–Trinajstić information content (AvgIpc) is 3.11. The van der Waals surface area contributed by atoms with E-state index in [1.54, 1.807) is 13.2 Å². The molecule has 0 fully saturated rings. The highest BCUT2D eigenvalue weighted by atomic mass is 79.9. The lowest BCUT2D eigenvalue weighted by atomic mass is 9.95. The van der Waals surface area contributed by atoms with Gasteiger partial charge in [0.15, 0.2) is 0 Å². The van der Waals surface area contributed by atoms with Crippen molar-refractivity contribution in [3.63, 3.8) is 0 Å². The minimum atomic E-state index is -0.272. The number of esters is 1. The summed E-state index contributed by atoms with van der Waals surface area (Å²) in [5.74, 6) is 0.594. The van der Waals surface area contributed by atoms with E-state index in [0.717, 1.165) is 40.6 Å². The highest BCUT2D eigenvalue weighted by molar-refractivity contribution is 9.10. The minimum absolute atomic E-state index is 0.272. The van der Waals surface area contributed by atoms with Gasteiger partial charge in [-0.15, -0.1) is 0 Å². The lowest BCUT2D eigenvalue weighted by molar-refractivity contribution is 0.0526. The van der Waals surface area contributed by atoms with Crippen LogP contribution in [0.4, 0.5) is 0 Å². The second-order valence-electron chi connectivity index (χ2n) is 5.96. The van der Waals surface area contributed by atoms with E-state index < -0.39 is 0 Å². The number of rotatable bonds is 5. The summed E-state index contributed by atoms with van der Waals surface area (Å²) < 4.78 is 11.7. The van der Waals surface area contributed by atoms with E-state index in [2.05, 4.69) is 28.1 Å². The molecule has 0 saturated carbocycles. The minimum Gasteiger partial charge on any atom is -0.496 e. The van der Waals surface area contributed by atoms with Crippen molar-refractivity contribution < 1.29 is 14.3 Å². The first-order valence-electron chi connectivity index (χ1n) is 8.47. The van der Waals surface area contributed by atoms with Crippen molar-refractivity contribution in [2.75, 3.05) is 13.7 Å². The Morgan fingerprint density at radius 1 is 1.12 bits per heavy atom. The number of hydrogen-bond acceptors (Lipinski definition) is 3. The first-order valence-corrected chi connectivity index (χ1v) is 9.26. The van der Waals surface area contributed by atoms with Crippen molar-refractivity contribution in [2.45, 2.75) is 26.2 Å². The van der Waals surface area contributed by atoms with Gasteiger partial charge in [0.2, 0.25) is 0 Å². The van der Waals surface area contributed by atoms with E-state index in [-0.39, 0.29) is 5.97 Å². The monoisotopic (exact) mass is 400 g/mol. The number of hydrogen-bond donors (Lipinski definition) is 0. The van der Waals surface area contributed by atoms with Gasteiger partial charge in [-0.2, -0.15) is 0 Å². The molecular formula is C21H21BrO3. The third kappa shape index (κ3) is 3.79. The topological polar surface area (TPSA) is 35.5 Å². The van der Waals surface area contributed by atoms with Crippen LogP contribution >= 0.6 is 15.9 Å². The van der Waals surface area contributed by atoms with Crippen LogP contribution in [0.15, 0.2) is 46.9 Å². The molecule has 0 atom stereocenters. The van der Waals surface area contributed by atoms with Gasteiger partial charge in [-0.05, 0) is 73.2 Å². The molecule has 2 aromatic rings. The van der Waals surface area contributed by atoms with Crippen molar-refractivity contribution in [3.05, 3.63) is 63.6 Å². The van der Waals surface area contributed by atoms with E-state index in [9.17, 15) is 4.79 Å². The zero-order chi connectivity index (χ0) is 17.8. The predicted molar refractivity (Wildman–Crippen MR) is 104 cm³/mol. The Morgan fingerprint density at radius 2 is 1.92 bits per heavy atom. The van der Waals surface area contributed by atoms with Gasteiger partial charge in [0, 0.05) is 10.0 Å². The smallest absolute Gasteiger partial charge is 0.338 e. The quantitative estimate of drug-likeness (QED) is 0.601. The van der Waals surface area contributed by atoms with Crippen molar-refractivity contribution in [2.24, 2.45) is 0 Å². The summed E-state index contributed by atoms with van der Waals surface area (Å²) in [6, 6.07) is 13.8. The standard InChI is InChI=1S/C21H21BrO3/c1-3-25-21(23)15-7-4-6-14(12-15)17-8-5-9-18(17)19-11-10-16(22)13-20(19)24-2/h4,6-7,10-13H,3,5,8-9H2,1-2H3. The Labute approximate surface area is 156 Å². The molecule has 0 aromatic heterocycles. The van der Waals surface area contributed by atoms with Crippen LogP contribution in [0.5, 0.6) is 5.75 Å². The molecule has 2 aromatic carbocycles. The summed E-state index contributed by atoms with van der Waals surface area (Å²) in [5.41, 5.74) is 5.39. The SMILES string of the molecule is CCOC(=O)c1cccc(C2=C(c3ccc(Br)cc3OC)CCC2)c1. The maximum absolute atomic E-state index is 12.0. The molecule has 0 spiro atoms. The molecule has 0 N–H and O–H groups in total. The zero-order valence-corrected chi connectivity index (χ0v) is 16.1. The van der Waals surface area contributed by atoms with Gasteiger partial charge in [-0.3, -0.25) is 0 Å². The first kappa shape index (κ1) is 17.7. The van der Waals surface area contributed by atoms with Crippen molar-refractivity contribution in [1.29, 1.82) is 0 Å². The second-order valence-corrected chi connectivity index (χ2v) is 6.87. The van der Waals surface area contributed by atoms with Crippen LogP contribution in [0.2, 0.25) is 0 Å². The number of methoxy groups -OCH3 is 1. The average molecular weight is 401 g/mol. The summed E-state index contributed by atoms with van der Waals surface area (Å²) in [6.07, 6.45) is 3.12. The van der Waals surface area contributed by atoms with E-state index in [0.29, 0.717) is 12.2 Å². The molecule has 0 bridgehead atoms. The summed E-state index contributed by atoms with van der Waals surface area (Å²) in [7, 11) is 1.70. The molecule has 25 heavy (non-hydrogen) atoms. The van der Waals surface area contributed by atoms with E-state index >= 15 is 0 Å². The summed E-state index contributed by atoms with van der Waals surface area (Å²) in [6.45, 7) is 2.20. The predicted octanol–water partition coefficient (Wildman–Crippen LogP) is 5.73. The van der Waals surface area contributed by atoms with Crippen LogP contribution in [-0.4, -0.2) is 19.7 Å². The number of halogens is 1. The summed E-state index contributed by atoms with van der Waals surface area (Å²) >= 11 is 3.50. The number of allylic oxidation sites excluding steroid dienone is 2. The fraction of sp³-hybridized carbons (Fsp3) is 0.286. The van der Waals surface area contributed by atoms with Crippen LogP contribution in [0, 0.1) is 0 Å². The molecule has 0 aliphatic heterocycles. The third-order valence-electron chi connectivity index (χ3n) is 4.43. The molecule has 130 valence electrons. The lowest BCUT2D eigenvalue weighted by Crippen LogP contribution is -2.04. The Balaban J connectivity index is 2.05. The molecule has 1 aliphatic carbocycles.